The Hall–Kier alpha value is -2.10. The van der Waals surface area contributed by atoms with E-state index in [0.29, 0.717) is 0 Å². The molecule has 0 heterocycles. The van der Waals surface area contributed by atoms with Crippen LogP contribution in [0, 0.1) is 6.92 Å². The van der Waals surface area contributed by atoms with Gasteiger partial charge in [0, 0.05) is 6.92 Å². The van der Waals surface area contributed by atoms with Crippen molar-refractivity contribution < 1.29 is 14.3 Å². The highest BCUT2D eigenvalue weighted by Gasteiger charge is 2.10. The molecule has 1 amide bonds. The monoisotopic (exact) mass is 233 g/mol. The summed E-state index contributed by atoms with van der Waals surface area (Å²) in [7, 11) is 1.27. The lowest BCUT2D eigenvalue weighted by atomic mass is 10.1. The minimum Gasteiger partial charge on any atom is -0.464 e. The molecule has 90 valence electrons. The first-order valence-corrected chi connectivity index (χ1v) is 5.17. The summed E-state index contributed by atoms with van der Waals surface area (Å²) in [5.74, 6) is -0.880. The van der Waals surface area contributed by atoms with Gasteiger partial charge in [-0.2, -0.15) is 0 Å². The molecule has 0 saturated carbocycles. The van der Waals surface area contributed by atoms with Crippen LogP contribution in [0.1, 0.15) is 18.1 Å². The molecule has 0 aromatic heterocycles. The van der Waals surface area contributed by atoms with Gasteiger partial charge in [0.15, 0.2) is 0 Å². The molecule has 0 aliphatic rings. The molecule has 0 aliphatic heterocycles. The van der Waals surface area contributed by atoms with Crippen molar-refractivity contribution in [2.75, 3.05) is 7.11 Å². The average molecular weight is 233 g/mol. The Morgan fingerprint density at radius 1 is 1.24 bits per heavy atom. The van der Waals surface area contributed by atoms with Crippen LogP contribution in [0.3, 0.4) is 0 Å². The summed E-state index contributed by atoms with van der Waals surface area (Å²) >= 11 is 0. The van der Waals surface area contributed by atoms with Gasteiger partial charge >= 0.3 is 5.97 Å². The topological polar surface area (TPSA) is 55.4 Å². The lowest BCUT2D eigenvalue weighted by molar-refractivity contribution is -0.137. The van der Waals surface area contributed by atoms with E-state index < -0.39 is 5.97 Å². The lowest BCUT2D eigenvalue weighted by Gasteiger charge is -2.06. The van der Waals surface area contributed by atoms with Crippen molar-refractivity contribution in [3.8, 4) is 0 Å². The molecule has 0 aliphatic carbocycles. The molecule has 4 nitrogen and oxygen atoms in total. The summed E-state index contributed by atoms with van der Waals surface area (Å²) in [5, 5.41) is 2.44. The Bertz CT molecular complexity index is 446. The fraction of sp³-hybridized carbons (Fsp3) is 0.231. The van der Waals surface area contributed by atoms with Crippen LogP contribution in [-0.4, -0.2) is 19.0 Å². The number of rotatable bonds is 3. The highest BCUT2D eigenvalue weighted by molar-refractivity contribution is 5.97. The molecular weight excluding hydrogens is 218 g/mol. The Kier molecular flexibility index (Phi) is 4.46. The molecule has 17 heavy (non-hydrogen) atoms. The average Bonchev–Trinajstić information content (AvgIpc) is 2.29. The van der Waals surface area contributed by atoms with Crippen LogP contribution in [0.15, 0.2) is 30.0 Å². The minimum atomic E-state index is -0.569. The standard InChI is InChI=1S/C13H15NO3/c1-9-4-6-11(7-5-9)8-12(13(16)17-3)14-10(2)15/h4-8H,1-3H3,(H,14,15). The molecule has 0 radical (unpaired) electrons. The van der Waals surface area contributed by atoms with E-state index in [2.05, 4.69) is 10.1 Å². The predicted molar refractivity (Wildman–Crippen MR) is 65.0 cm³/mol. The van der Waals surface area contributed by atoms with Gasteiger partial charge in [0.1, 0.15) is 5.70 Å². The number of hydrogen-bond donors (Lipinski definition) is 1. The van der Waals surface area contributed by atoms with Crippen LogP contribution in [0.2, 0.25) is 0 Å². The van der Waals surface area contributed by atoms with Crippen LogP contribution < -0.4 is 5.32 Å². The van der Waals surface area contributed by atoms with E-state index in [1.54, 1.807) is 6.08 Å². The summed E-state index contributed by atoms with van der Waals surface area (Å²) in [6.07, 6.45) is 1.58. The molecule has 1 rings (SSSR count). The lowest BCUT2D eigenvalue weighted by Crippen LogP contribution is -2.25. The summed E-state index contributed by atoms with van der Waals surface area (Å²) in [4.78, 5) is 22.4. The number of amides is 1. The Balaban J connectivity index is 3.00. The molecule has 4 heteroatoms. The van der Waals surface area contributed by atoms with Crippen LogP contribution in [0.5, 0.6) is 0 Å². The zero-order valence-corrected chi connectivity index (χ0v) is 10.1. The quantitative estimate of drug-likeness (QED) is 0.638. The predicted octanol–water partition coefficient (Wildman–Crippen LogP) is 1.65. The van der Waals surface area contributed by atoms with Gasteiger partial charge in [-0.15, -0.1) is 0 Å². The van der Waals surface area contributed by atoms with Gasteiger partial charge < -0.3 is 10.1 Å². The van der Waals surface area contributed by atoms with Gasteiger partial charge in [-0.25, -0.2) is 4.79 Å². The highest BCUT2D eigenvalue weighted by atomic mass is 16.5. The molecule has 1 aromatic carbocycles. The van der Waals surface area contributed by atoms with Gasteiger partial charge in [-0.05, 0) is 18.6 Å². The maximum atomic E-state index is 11.4. The first-order chi connectivity index (χ1) is 8.02. The van der Waals surface area contributed by atoms with Crippen molar-refractivity contribution in [3.05, 3.63) is 41.1 Å². The molecule has 0 atom stereocenters. The molecule has 0 spiro atoms. The fourth-order valence-electron chi connectivity index (χ4n) is 1.27. The van der Waals surface area contributed by atoms with E-state index in [1.165, 1.54) is 14.0 Å². The number of methoxy groups -OCH3 is 1. The number of ether oxygens (including phenoxy) is 1. The third-order valence-corrected chi connectivity index (χ3v) is 2.10. The first-order valence-electron chi connectivity index (χ1n) is 5.17. The Morgan fingerprint density at radius 2 is 1.82 bits per heavy atom. The highest BCUT2D eigenvalue weighted by Crippen LogP contribution is 2.08. The molecular formula is C13H15NO3. The normalized spacial score (nSPS) is 10.9. The van der Waals surface area contributed by atoms with E-state index in [-0.39, 0.29) is 11.6 Å². The van der Waals surface area contributed by atoms with Crippen LogP contribution in [0.4, 0.5) is 0 Å². The van der Waals surface area contributed by atoms with Crippen molar-refractivity contribution in [2.45, 2.75) is 13.8 Å². The molecule has 1 N–H and O–H groups in total. The third kappa shape index (κ3) is 4.10. The van der Waals surface area contributed by atoms with E-state index in [0.717, 1.165) is 11.1 Å². The number of carbonyl (C=O) groups is 2. The van der Waals surface area contributed by atoms with E-state index in [1.807, 2.05) is 31.2 Å². The molecule has 0 saturated heterocycles. The molecule has 1 aromatic rings. The number of hydrogen-bond acceptors (Lipinski definition) is 3. The second-order valence-corrected chi connectivity index (χ2v) is 3.64. The molecule has 0 bridgehead atoms. The Labute approximate surface area is 100 Å². The van der Waals surface area contributed by atoms with E-state index in [9.17, 15) is 9.59 Å². The van der Waals surface area contributed by atoms with Gasteiger partial charge in [-0.3, -0.25) is 4.79 Å². The summed E-state index contributed by atoms with van der Waals surface area (Å²) < 4.78 is 4.59. The smallest absolute Gasteiger partial charge is 0.354 e. The molecule has 0 fully saturated rings. The van der Waals surface area contributed by atoms with Gasteiger partial charge in [0.05, 0.1) is 7.11 Å². The van der Waals surface area contributed by atoms with Gasteiger partial charge in [0.25, 0.3) is 0 Å². The van der Waals surface area contributed by atoms with Crippen molar-refractivity contribution in [2.24, 2.45) is 0 Å². The SMILES string of the molecule is COC(=O)C(=Cc1ccc(C)cc1)NC(C)=O. The van der Waals surface area contributed by atoms with Crippen LogP contribution in [0.25, 0.3) is 6.08 Å². The third-order valence-electron chi connectivity index (χ3n) is 2.10. The number of esters is 1. The zero-order valence-electron chi connectivity index (χ0n) is 10.1. The van der Waals surface area contributed by atoms with Gasteiger partial charge in [0.2, 0.25) is 5.91 Å². The minimum absolute atomic E-state index is 0.129. The fourth-order valence-corrected chi connectivity index (χ4v) is 1.27. The van der Waals surface area contributed by atoms with Crippen molar-refractivity contribution in [1.29, 1.82) is 0 Å². The second kappa shape index (κ2) is 5.84. The second-order valence-electron chi connectivity index (χ2n) is 3.64. The maximum Gasteiger partial charge on any atom is 0.354 e. The summed E-state index contributed by atoms with van der Waals surface area (Å²) in [5.41, 5.74) is 2.08. The van der Waals surface area contributed by atoms with E-state index >= 15 is 0 Å². The largest absolute Gasteiger partial charge is 0.464 e. The molecule has 0 unspecified atom stereocenters. The van der Waals surface area contributed by atoms with Crippen molar-refractivity contribution in [3.63, 3.8) is 0 Å². The van der Waals surface area contributed by atoms with Crippen molar-refractivity contribution in [1.82, 2.24) is 5.32 Å². The van der Waals surface area contributed by atoms with Crippen LogP contribution in [-0.2, 0) is 14.3 Å². The first kappa shape index (κ1) is 13.0. The number of carbonyl (C=O) groups excluding carboxylic acids is 2. The number of benzene rings is 1. The van der Waals surface area contributed by atoms with Crippen molar-refractivity contribution >= 4 is 18.0 Å². The summed E-state index contributed by atoms with van der Waals surface area (Å²) in [6, 6.07) is 7.57. The van der Waals surface area contributed by atoms with E-state index in [4.69, 9.17) is 0 Å². The number of nitrogens with one attached hydrogen (secondary N) is 1. The summed E-state index contributed by atoms with van der Waals surface area (Å²) in [6.45, 7) is 3.31. The zero-order chi connectivity index (χ0) is 12.8. The maximum absolute atomic E-state index is 11.4. The van der Waals surface area contributed by atoms with Gasteiger partial charge in [-0.1, -0.05) is 29.8 Å². The number of aryl methyl sites for hydroxylation is 1. The van der Waals surface area contributed by atoms with Crippen LogP contribution >= 0.6 is 0 Å². The Morgan fingerprint density at radius 3 is 2.29 bits per heavy atom.